The summed E-state index contributed by atoms with van der Waals surface area (Å²) in [6.45, 7) is 0.944. The number of nitrogens with zero attached hydrogens (tertiary/aromatic N) is 1. The van der Waals surface area contributed by atoms with Gasteiger partial charge >= 0.3 is 19.8 Å². The van der Waals surface area contributed by atoms with Crippen LogP contribution in [0.1, 0.15) is 11.1 Å². The molecule has 4 rings (SSSR count). The van der Waals surface area contributed by atoms with Gasteiger partial charge in [0.2, 0.25) is 8.03 Å². The topological polar surface area (TPSA) is 239 Å². The lowest BCUT2D eigenvalue weighted by molar-refractivity contribution is 0.137. The molecule has 0 aliphatic carbocycles. The van der Waals surface area contributed by atoms with Crippen LogP contribution >= 0.6 is 15.6 Å². The predicted molar refractivity (Wildman–Crippen MR) is 172 cm³/mol. The second-order valence-electron chi connectivity index (χ2n) is 10.5. The zero-order valence-electron chi connectivity index (χ0n) is 24.8. The molecule has 0 saturated carbocycles. The van der Waals surface area contributed by atoms with Crippen LogP contribution in [0.4, 0.5) is 19.7 Å². The van der Waals surface area contributed by atoms with Crippen molar-refractivity contribution in [3.05, 3.63) is 95.6 Å². The molecule has 1 saturated heterocycles. The molecule has 47 heavy (non-hydrogen) atoms. The highest BCUT2D eigenvalue weighted by Gasteiger charge is 2.34. The van der Waals surface area contributed by atoms with Crippen LogP contribution in [0.15, 0.2) is 78.6 Å². The molecule has 252 valence electrons. The van der Waals surface area contributed by atoms with E-state index in [4.69, 9.17) is 21.1 Å². The summed E-state index contributed by atoms with van der Waals surface area (Å²) in [7, 11) is -8.28. The number of ether oxygens (including phenoxy) is 2. The molecule has 1 heterocycles. The number of cyclic esters (lactones) is 1. The molecule has 2 unspecified atom stereocenters. The summed E-state index contributed by atoms with van der Waals surface area (Å²) in [4.78, 5) is 53.9. The van der Waals surface area contributed by atoms with Gasteiger partial charge < -0.3 is 45.9 Å². The molecular formula is C29H35FN6O9P2. The third-order valence-electron chi connectivity index (χ3n) is 7.16. The van der Waals surface area contributed by atoms with Crippen molar-refractivity contribution in [1.29, 1.82) is 0 Å². The van der Waals surface area contributed by atoms with Crippen molar-refractivity contribution in [2.24, 2.45) is 11.6 Å². The molecule has 18 heteroatoms. The number of carbonyl (C=O) groups is 2. The summed E-state index contributed by atoms with van der Waals surface area (Å²) in [5.41, 5.74) is 11.2. The van der Waals surface area contributed by atoms with E-state index >= 15 is 4.39 Å². The molecule has 15 nitrogen and oxygen atoms in total. The molecule has 3 atom stereocenters. The van der Waals surface area contributed by atoms with Crippen LogP contribution in [0.5, 0.6) is 5.75 Å². The smallest absolute Gasteiger partial charge is 0.414 e. The first-order chi connectivity index (χ1) is 22.4. The first kappa shape index (κ1) is 35.6. The molecular weight excluding hydrogens is 657 g/mol. The monoisotopic (exact) mass is 692 g/mol. The number of nitrogens with two attached hydrogens (primary N) is 2. The van der Waals surface area contributed by atoms with E-state index < -0.39 is 45.1 Å². The van der Waals surface area contributed by atoms with Gasteiger partial charge in [-0.2, -0.15) is 0 Å². The van der Waals surface area contributed by atoms with Crippen molar-refractivity contribution < 1.29 is 47.3 Å². The van der Waals surface area contributed by atoms with Crippen molar-refractivity contribution in [2.45, 2.75) is 24.5 Å². The fourth-order valence-electron chi connectivity index (χ4n) is 4.65. The van der Waals surface area contributed by atoms with Crippen LogP contribution in [0.2, 0.25) is 0 Å². The fourth-order valence-corrected chi connectivity index (χ4v) is 6.66. The van der Waals surface area contributed by atoms with Crippen LogP contribution in [-0.2, 0) is 26.8 Å². The summed E-state index contributed by atoms with van der Waals surface area (Å²) in [6.07, 6.45) is -1.28. The Labute approximate surface area is 269 Å². The van der Waals surface area contributed by atoms with Gasteiger partial charge in [-0.1, -0.05) is 36.4 Å². The van der Waals surface area contributed by atoms with Crippen LogP contribution in [0.25, 0.3) is 11.1 Å². The minimum absolute atomic E-state index is 0.0454. The minimum atomic E-state index is -4.79. The summed E-state index contributed by atoms with van der Waals surface area (Å²) in [6, 6.07) is 17.3. The third kappa shape index (κ3) is 9.86. The van der Waals surface area contributed by atoms with Crippen LogP contribution in [0, 0.1) is 5.82 Å². The van der Waals surface area contributed by atoms with Gasteiger partial charge in [-0.05, 0) is 53.4 Å². The third-order valence-corrected chi connectivity index (χ3v) is 10.6. The Morgan fingerprint density at radius 3 is 2.43 bits per heavy atom. The zero-order chi connectivity index (χ0) is 34.1. The van der Waals surface area contributed by atoms with E-state index in [1.54, 1.807) is 24.3 Å². The van der Waals surface area contributed by atoms with Crippen molar-refractivity contribution in [2.75, 3.05) is 24.5 Å². The molecule has 0 spiro atoms. The van der Waals surface area contributed by atoms with Crippen LogP contribution in [-0.4, -0.2) is 58.0 Å². The van der Waals surface area contributed by atoms with E-state index in [1.165, 1.54) is 41.4 Å². The Morgan fingerprint density at radius 1 is 1.15 bits per heavy atom. The number of nitrogens with one attached hydrogen (secondary N) is 3. The molecule has 1 fully saturated rings. The highest BCUT2D eigenvalue weighted by atomic mass is 31.2. The second kappa shape index (κ2) is 16.0. The molecule has 1 aliphatic heterocycles. The van der Waals surface area contributed by atoms with Crippen LogP contribution in [0.3, 0.4) is 0 Å². The number of halogens is 1. The van der Waals surface area contributed by atoms with E-state index in [2.05, 4.69) is 16.1 Å². The number of rotatable bonds is 14. The summed E-state index contributed by atoms with van der Waals surface area (Å²) in [5.74, 6) is 4.92. The number of hydrazine groups is 1. The van der Waals surface area contributed by atoms with Gasteiger partial charge in [0.05, 0.1) is 24.5 Å². The molecule has 3 aromatic rings. The van der Waals surface area contributed by atoms with E-state index in [0.29, 0.717) is 35.5 Å². The maximum absolute atomic E-state index is 15.2. The Balaban J connectivity index is 1.27. The van der Waals surface area contributed by atoms with Crippen molar-refractivity contribution in [1.82, 2.24) is 16.1 Å². The fraction of sp³-hybridized carbons (Fsp3) is 0.241. The van der Waals surface area contributed by atoms with Crippen LogP contribution < -0.4 is 37.3 Å². The minimum Gasteiger partial charge on any atom is -0.442 e. The quantitative estimate of drug-likeness (QED) is 0.0689. The van der Waals surface area contributed by atoms with E-state index in [0.717, 1.165) is 5.56 Å². The van der Waals surface area contributed by atoms with Gasteiger partial charge in [0.1, 0.15) is 23.1 Å². The van der Waals surface area contributed by atoms with Gasteiger partial charge in [0, 0.05) is 24.9 Å². The summed E-state index contributed by atoms with van der Waals surface area (Å²) >= 11 is 0. The van der Waals surface area contributed by atoms with Gasteiger partial charge in [-0.25, -0.2) is 14.0 Å². The summed E-state index contributed by atoms with van der Waals surface area (Å²) in [5, 5.41) is 3.95. The lowest BCUT2D eigenvalue weighted by Crippen LogP contribution is -2.36. The average Bonchev–Trinajstić information content (AvgIpc) is 3.41. The van der Waals surface area contributed by atoms with Gasteiger partial charge in [-0.15, -0.1) is 0 Å². The Bertz CT molecular complexity index is 1670. The first-order valence-corrected chi connectivity index (χ1v) is 17.3. The molecule has 1 aliphatic rings. The number of carbonyl (C=O) groups excluding carboxylic acids is 2. The number of benzene rings is 3. The standard InChI is InChI=1S/C29H35FN6O9P2/c30-26-12-22(7-10-25(26)20-5-1-19(2-6-20)14-33-15-21(13-31)35-32)36-17-24(45-29(36)38)16-34-28(37)44-23-8-3-18(4-9-23)11-27(46(39)40)47(41,42)43/h1-10,12-13,24,27,33,35,46H,11,14-17,31-32H2,(H,34,37)(H,39,40)(H2,41,42,43)/b21-13-/t24-,27?/m0/s1. The number of anilines is 1. The van der Waals surface area contributed by atoms with E-state index in [1.807, 2.05) is 12.1 Å². The molecule has 10 N–H and O–H groups in total. The SMILES string of the molecule is N/C=C(/CNCc1ccc(-c2ccc(N3C[C@H](CNC(=O)Oc4ccc(CC([PH](=O)O)P(=O)(O)O)cc4)OC3=O)cc2F)cc1)NN. The van der Waals surface area contributed by atoms with E-state index in [9.17, 15) is 33.4 Å². The molecule has 0 aromatic heterocycles. The largest absolute Gasteiger partial charge is 0.442 e. The first-order valence-electron chi connectivity index (χ1n) is 14.2. The highest BCUT2D eigenvalue weighted by Crippen LogP contribution is 2.53. The average molecular weight is 693 g/mol. The van der Waals surface area contributed by atoms with E-state index in [-0.39, 0.29) is 30.9 Å². The maximum Gasteiger partial charge on any atom is 0.414 e. The molecule has 0 radical (unpaired) electrons. The Kier molecular flexibility index (Phi) is 12.1. The van der Waals surface area contributed by atoms with Crippen molar-refractivity contribution in [3.8, 4) is 16.9 Å². The predicted octanol–water partition coefficient (Wildman–Crippen LogP) is 2.47. The maximum atomic E-state index is 15.2. The van der Waals surface area contributed by atoms with Crippen molar-refractivity contribution in [3.63, 3.8) is 0 Å². The lowest BCUT2D eigenvalue weighted by atomic mass is 10.0. The number of hydrogen-bond acceptors (Lipinski definition) is 10. The number of hydrogen-bond donors (Lipinski definition) is 8. The van der Waals surface area contributed by atoms with Gasteiger partial charge in [0.15, 0.2) is 0 Å². The number of amides is 2. The normalized spacial score (nSPS) is 16.4. The van der Waals surface area contributed by atoms with Crippen molar-refractivity contribution >= 4 is 33.5 Å². The molecule has 0 bridgehead atoms. The highest BCUT2D eigenvalue weighted by molar-refractivity contribution is 7.65. The second-order valence-corrected chi connectivity index (χ2v) is 14.1. The van der Waals surface area contributed by atoms with Gasteiger partial charge in [0.25, 0.3) is 0 Å². The molecule has 3 aromatic carbocycles. The Morgan fingerprint density at radius 2 is 1.83 bits per heavy atom. The zero-order valence-corrected chi connectivity index (χ0v) is 26.7. The molecule has 2 amide bonds. The Hall–Kier alpha value is -4.27. The lowest BCUT2D eigenvalue weighted by Gasteiger charge is -2.15. The van der Waals surface area contributed by atoms with Gasteiger partial charge in [-0.3, -0.25) is 19.9 Å². The summed E-state index contributed by atoms with van der Waals surface area (Å²) < 4.78 is 48.5.